The zero-order chi connectivity index (χ0) is 11.6. The summed E-state index contributed by atoms with van der Waals surface area (Å²) in [6.07, 6.45) is 3.06. The molecule has 0 bridgehead atoms. The lowest BCUT2D eigenvalue weighted by Crippen LogP contribution is -2.54. The molecule has 1 aliphatic rings. The highest BCUT2D eigenvalue weighted by molar-refractivity contribution is 5.96. The van der Waals surface area contributed by atoms with Crippen LogP contribution in [0.15, 0.2) is 10.6 Å². The lowest BCUT2D eigenvalue weighted by atomic mass is 9.90. The van der Waals surface area contributed by atoms with Gasteiger partial charge in [0, 0.05) is 6.07 Å². The Labute approximate surface area is 94.6 Å². The number of nitrogens with zero attached hydrogens (tertiary/aromatic N) is 1. The van der Waals surface area contributed by atoms with Crippen LogP contribution in [0.3, 0.4) is 0 Å². The fourth-order valence-electron chi connectivity index (χ4n) is 1.92. The Hall–Kier alpha value is -1.36. The predicted octanol–water partition coefficient (Wildman–Crippen LogP) is 1.45. The monoisotopic (exact) mass is 223 g/mol. The number of aryl methyl sites for hydroxylation is 1. The maximum absolute atomic E-state index is 12.0. The minimum Gasteiger partial charge on any atom is -0.338 e. The molecule has 2 rings (SSSR count). The predicted molar refractivity (Wildman–Crippen MR) is 60.1 cm³/mol. The van der Waals surface area contributed by atoms with Gasteiger partial charge in [0.15, 0.2) is 0 Å². The van der Waals surface area contributed by atoms with E-state index in [2.05, 4.69) is 15.8 Å². The van der Waals surface area contributed by atoms with Crippen molar-refractivity contribution in [2.75, 3.05) is 11.9 Å². The van der Waals surface area contributed by atoms with Crippen LogP contribution in [0, 0.1) is 6.92 Å². The minimum atomic E-state index is -0.487. The van der Waals surface area contributed by atoms with Crippen molar-refractivity contribution in [3.05, 3.63) is 11.8 Å². The highest BCUT2D eigenvalue weighted by Gasteiger charge is 2.34. The highest BCUT2D eigenvalue weighted by atomic mass is 16.5. The van der Waals surface area contributed by atoms with E-state index in [1.807, 2.05) is 13.8 Å². The number of aromatic nitrogens is 1. The SMILES string of the molecule is Cc1cc(NC(=O)C2(C)CCCCN2)on1. The Morgan fingerprint density at radius 2 is 2.44 bits per heavy atom. The summed E-state index contributed by atoms with van der Waals surface area (Å²) in [7, 11) is 0. The largest absolute Gasteiger partial charge is 0.338 e. The third-order valence-corrected chi connectivity index (χ3v) is 2.98. The van der Waals surface area contributed by atoms with Gasteiger partial charge in [-0.15, -0.1) is 0 Å². The molecule has 0 spiro atoms. The van der Waals surface area contributed by atoms with Gasteiger partial charge in [-0.05, 0) is 39.7 Å². The lowest BCUT2D eigenvalue weighted by molar-refractivity contribution is -0.122. The molecule has 0 aromatic carbocycles. The molecule has 1 fully saturated rings. The van der Waals surface area contributed by atoms with E-state index in [4.69, 9.17) is 4.52 Å². The fourth-order valence-corrected chi connectivity index (χ4v) is 1.92. The maximum atomic E-state index is 12.0. The van der Waals surface area contributed by atoms with Crippen LogP contribution in [0.2, 0.25) is 0 Å². The number of piperidine rings is 1. The molecule has 1 aliphatic heterocycles. The smallest absolute Gasteiger partial charge is 0.246 e. The van der Waals surface area contributed by atoms with E-state index in [9.17, 15) is 4.79 Å². The Bertz CT molecular complexity index is 380. The normalized spacial score (nSPS) is 25.4. The molecule has 2 N–H and O–H groups in total. The summed E-state index contributed by atoms with van der Waals surface area (Å²) in [6.45, 7) is 4.63. The Balaban J connectivity index is 2.01. The Morgan fingerprint density at radius 1 is 1.62 bits per heavy atom. The lowest BCUT2D eigenvalue weighted by Gasteiger charge is -2.32. The van der Waals surface area contributed by atoms with E-state index in [-0.39, 0.29) is 5.91 Å². The number of hydrogen-bond donors (Lipinski definition) is 2. The van der Waals surface area contributed by atoms with Gasteiger partial charge in [0.1, 0.15) is 0 Å². The molecule has 0 saturated carbocycles. The van der Waals surface area contributed by atoms with Crippen LogP contribution in [-0.4, -0.2) is 23.1 Å². The average Bonchev–Trinajstić information content (AvgIpc) is 2.65. The quantitative estimate of drug-likeness (QED) is 0.796. The van der Waals surface area contributed by atoms with Gasteiger partial charge in [-0.1, -0.05) is 5.16 Å². The standard InChI is InChI=1S/C11H17N3O2/c1-8-7-9(16-14-8)13-10(15)11(2)5-3-4-6-12-11/h7,12H,3-6H2,1-2H3,(H,13,15). The van der Waals surface area contributed by atoms with Gasteiger partial charge >= 0.3 is 0 Å². The van der Waals surface area contributed by atoms with Gasteiger partial charge in [0.2, 0.25) is 11.8 Å². The first-order valence-electron chi connectivity index (χ1n) is 5.60. The second-order valence-electron chi connectivity index (χ2n) is 4.50. The third-order valence-electron chi connectivity index (χ3n) is 2.98. The molecule has 16 heavy (non-hydrogen) atoms. The highest BCUT2D eigenvalue weighted by Crippen LogP contribution is 2.21. The molecule has 2 heterocycles. The van der Waals surface area contributed by atoms with Crippen LogP contribution in [0.5, 0.6) is 0 Å². The molecule has 5 nitrogen and oxygen atoms in total. The summed E-state index contributed by atoms with van der Waals surface area (Å²) in [5.74, 6) is 0.361. The summed E-state index contributed by atoms with van der Waals surface area (Å²) in [4.78, 5) is 12.0. The van der Waals surface area contributed by atoms with E-state index in [1.54, 1.807) is 6.07 Å². The van der Waals surface area contributed by atoms with Crippen LogP contribution in [0.4, 0.5) is 5.88 Å². The molecule has 1 amide bonds. The van der Waals surface area contributed by atoms with Crippen molar-refractivity contribution in [3.63, 3.8) is 0 Å². The van der Waals surface area contributed by atoms with Crippen molar-refractivity contribution in [1.29, 1.82) is 0 Å². The number of nitrogens with one attached hydrogen (secondary N) is 2. The van der Waals surface area contributed by atoms with Crippen molar-refractivity contribution >= 4 is 11.8 Å². The first-order chi connectivity index (χ1) is 7.60. The molecular weight excluding hydrogens is 206 g/mol. The molecule has 88 valence electrons. The minimum absolute atomic E-state index is 0.0525. The van der Waals surface area contributed by atoms with E-state index >= 15 is 0 Å². The molecule has 1 aromatic heterocycles. The Kier molecular flexibility index (Phi) is 2.96. The summed E-state index contributed by atoms with van der Waals surface area (Å²) in [5, 5.41) is 9.72. The summed E-state index contributed by atoms with van der Waals surface area (Å²) >= 11 is 0. The van der Waals surface area contributed by atoms with Crippen molar-refractivity contribution in [1.82, 2.24) is 10.5 Å². The number of hydrogen-bond acceptors (Lipinski definition) is 4. The van der Waals surface area contributed by atoms with Gasteiger partial charge in [-0.2, -0.15) is 0 Å². The van der Waals surface area contributed by atoms with Gasteiger partial charge in [-0.3, -0.25) is 10.1 Å². The first-order valence-corrected chi connectivity index (χ1v) is 5.60. The molecule has 1 saturated heterocycles. The van der Waals surface area contributed by atoms with E-state index in [0.29, 0.717) is 5.88 Å². The fraction of sp³-hybridized carbons (Fsp3) is 0.636. The van der Waals surface area contributed by atoms with Gasteiger partial charge in [-0.25, -0.2) is 0 Å². The average molecular weight is 223 g/mol. The van der Waals surface area contributed by atoms with E-state index in [1.165, 1.54) is 0 Å². The summed E-state index contributed by atoms with van der Waals surface area (Å²) in [6, 6.07) is 1.71. The zero-order valence-electron chi connectivity index (χ0n) is 9.67. The van der Waals surface area contributed by atoms with Crippen molar-refractivity contribution in [2.45, 2.75) is 38.6 Å². The van der Waals surface area contributed by atoms with Crippen LogP contribution in [-0.2, 0) is 4.79 Å². The number of anilines is 1. The van der Waals surface area contributed by atoms with Crippen LogP contribution >= 0.6 is 0 Å². The molecule has 1 aromatic rings. The molecular formula is C11H17N3O2. The second-order valence-corrected chi connectivity index (χ2v) is 4.50. The van der Waals surface area contributed by atoms with Crippen molar-refractivity contribution in [3.8, 4) is 0 Å². The number of carbonyl (C=O) groups is 1. The summed E-state index contributed by atoms with van der Waals surface area (Å²) < 4.78 is 4.96. The maximum Gasteiger partial charge on any atom is 0.246 e. The zero-order valence-corrected chi connectivity index (χ0v) is 9.67. The first kappa shape index (κ1) is 11.1. The topological polar surface area (TPSA) is 67.2 Å². The molecule has 5 heteroatoms. The summed E-state index contributed by atoms with van der Waals surface area (Å²) in [5.41, 5.74) is 0.274. The third kappa shape index (κ3) is 2.24. The van der Waals surface area contributed by atoms with Crippen LogP contribution in [0.1, 0.15) is 31.9 Å². The molecule has 0 aliphatic carbocycles. The number of amides is 1. The second kappa shape index (κ2) is 4.25. The van der Waals surface area contributed by atoms with Crippen LogP contribution < -0.4 is 10.6 Å². The number of rotatable bonds is 2. The molecule has 0 radical (unpaired) electrons. The van der Waals surface area contributed by atoms with Crippen LogP contribution in [0.25, 0.3) is 0 Å². The molecule has 1 atom stereocenters. The van der Waals surface area contributed by atoms with Gasteiger partial charge < -0.3 is 9.84 Å². The van der Waals surface area contributed by atoms with Crippen molar-refractivity contribution in [2.24, 2.45) is 0 Å². The van der Waals surface area contributed by atoms with Gasteiger partial charge in [0.25, 0.3) is 0 Å². The number of carbonyl (C=O) groups excluding carboxylic acids is 1. The van der Waals surface area contributed by atoms with Gasteiger partial charge in [0.05, 0.1) is 11.2 Å². The molecule has 1 unspecified atom stereocenters. The van der Waals surface area contributed by atoms with E-state index in [0.717, 1.165) is 31.5 Å². The van der Waals surface area contributed by atoms with Crippen molar-refractivity contribution < 1.29 is 9.32 Å². The van der Waals surface area contributed by atoms with E-state index < -0.39 is 5.54 Å². The Morgan fingerprint density at radius 3 is 3.00 bits per heavy atom.